The van der Waals surface area contributed by atoms with Crippen LogP contribution in [0.5, 0.6) is 5.75 Å². The van der Waals surface area contributed by atoms with Crippen molar-refractivity contribution in [1.82, 2.24) is 0 Å². The van der Waals surface area contributed by atoms with Crippen LogP contribution in [0.1, 0.15) is 10.4 Å². The van der Waals surface area contributed by atoms with E-state index in [2.05, 4.69) is 20.5 Å². The maximum absolute atomic E-state index is 11.4. The third kappa shape index (κ3) is 7.87. The predicted molar refractivity (Wildman–Crippen MR) is 102 cm³/mol. The van der Waals surface area contributed by atoms with E-state index >= 15 is 0 Å². The van der Waals surface area contributed by atoms with E-state index in [4.69, 9.17) is 5.11 Å². The number of nitrogens with zero attached hydrogens (tertiary/aromatic N) is 4. The van der Waals surface area contributed by atoms with Gasteiger partial charge in [0.2, 0.25) is 0 Å². The molecule has 0 aliphatic carbocycles. The van der Waals surface area contributed by atoms with Gasteiger partial charge in [-0.15, -0.1) is 0 Å². The topological polar surface area (TPSA) is 167 Å². The van der Waals surface area contributed by atoms with Crippen LogP contribution >= 0.6 is 0 Å². The third-order valence-corrected chi connectivity index (χ3v) is 4.58. The van der Waals surface area contributed by atoms with Gasteiger partial charge in [0, 0.05) is 0 Å². The average molecular weight is 470 g/mol. The largest absolute Gasteiger partial charge is 1.00 e. The number of carboxylic acids is 1. The summed E-state index contributed by atoms with van der Waals surface area (Å²) in [5.74, 6) is -1.95. The summed E-state index contributed by atoms with van der Waals surface area (Å²) in [7, 11) is -4.51. The van der Waals surface area contributed by atoms with Crippen molar-refractivity contribution in [3.05, 3.63) is 72.3 Å². The Hall–Kier alpha value is -1.96. The van der Waals surface area contributed by atoms with E-state index in [1.54, 1.807) is 24.3 Å². The van der Waals surface area contributed by atoms with E-state index in [0.717, 1.165) is 24.3 Å². The number of hydrogen-bond acceptors (Lipinski definition) is 9. The molecule has 0 fully saturated rings. The van der Waals surface area contributed by atoms with Gasteiger partial charge in [0.15, 0.2) is 0 Å². The summed E-state index contributed by atoms with van der Waals surface area (Å²) in [5.41, 5.74) is 1.14. The molecule has 32 heavy (non-hydrogen) atoms. The van der Waals surface area contributed by atoms with E-state index in [0.29, 0.717) is 17.1 Å². The first-order valence-corrected chi connectivity index (χ1v) is 9.67. The maximum Gasteiger partial charge on any atom is 1.00 e. The van der Waals surface area contributed by atoms with Crippen molar-refractivity contribution in [3.8, 4) is 5.75 Å². The summed E-state index contributed by atoms with van der Waals surface area (Å²) in [6.07, 6.45) is 0. The standard InChI is InChI=1S/C19H14N4O6S.2Na/c24-18-10-7-15(11-17(18)19(25)26)23-22-13-3-1-12(2-4-13)20-21-14-5-8-16(9-6-14)30(27,28)29;;/h1-11,24H,(H,25,26)(H,27,28,29);;/q;2*+1/p-2. The Bertz CT molecular complexity index is 1250. The molecule has 0 bridgehead atoms. The summed E-state index contributed by atoms with van der Waals surface area (Å²) in [5, 5.41) is 36.2. The van der Waals surface area contributed by atoms with Crippen LogP contribution in [-0.4, -0.2) is 24.0 Å². The van der Waals surface area contributed by atoms with Crippen molar-refractivity contribution >= 4 is 38.8 Å². The first-order chi connectivity index (χ1) is 14.2. The minimum absolute atomic E-state index is 0. The fraction of sp³-hybridized carbons (Fsp3) is 0. The Morgan fingerprint density at radius 1 is 0.719 bits per heavy atom. The molecule has 0 saturated carbocycles. The molecule has 0 aliphatic rings. The zero-order chi connectivity index (χ0) is 21.7. The molecule has 0 unspecified atom stereocenters. The summed E-state index contributed by atoms with van der Waals surface area (Å²) < 4.78 is 32.7. The summed E-state index contributed by atoms with van der Waals surface area (Å²) in [6.45, 7) is 0. The van der Waals surface area contributed by atoms with Crippen molar-refractivity contribution in [1.29, 1.82) is 0 Å². The number of carbonyl (C=O) groups is 1. The molecule has 0 aromatic heterocycles. The molecule has 1 N–H and O–H groups in total. The Morgan fingerprint density at radius 2 is 1.09 bits per heavy atom. The Morgan fingerprint density at radius 3 is 1.50 bits per heavy atom. The summed E-state index contributed by atoms with van der Waals surface area (Å²) >= 11 is 0. The van der Waals surface area contributed by atoms with Crippen molar-refractivity contribution in [2.45, 2.75) is 4.90 Å². The molecule has 13 heteroatoms. The van der Waals surface area contributed by atoms with Gasteiger partial charge in [-0.1, -0.05) is 11.8 Å². The number of carboxylic acid groups (broad SMARTS) is 1. The molecule has 3 aromatic carbocycles. The van der Waals surface area contributed by atoms with Gasteiger partial charge in [-0.05, 0) is 60.7 Å². The number of azo groups is 2. The van der Waals surface area contributed by atoms with Crippen LogP contribution in [0, 0.1) is 0 Å². The summed E-state index contributed by atoms with van der Waals surface area (Å²) in [4.78, 5) is 10.6. The zero-order valence-electron chi connectivity index (χ0n) is 17.0. The normalized spacial score (nSPS) is 11.2. The molecule has 0 saturated heterocycles. The quantitative estimate of drug-likeness (QED) is 0.253. The van der Waals surface area contributed by atoms with Gasteiger partial charge < -0.3 is 14.8 Å². The van der Waals surface area contributed by atoms with Crippen molar-refractivity contribution in [3.63, 3.8) is 0 Å². The predicted octanol–water partition coefficient (Wildman–Crippen LogP) is -1.80. The van der Waals surface area contributed by atoms with Crippen LogP contribution in [0.4, 0.5) is 22.7 Å². The number of rotatable bonds is 6. The summed E-state index contributed by atoms with van der Waals surface area (Å²) in [6, 6.07) is 15.0. The smallest absolute Gasteiger partial charge is 0.872 e. The van der Waals surface area contributed by atoms with E-state index in [9.17, 15) is 22.9 Å². The van der Waals surface area contributed by atoms with Crippen LogP contribution in [0.15, 0.2) is 92.1 Å². The van der Waals surface area contributed by atoms with Gasteiger partial charge in [-0.3, -0.25) is 0 Å². The molecule has 3 aromatic rings. The van der Waals surface area contributed by atoms with Gasteiger partial charge >= 0.3 is 65.1 Å². The second-order valence-electron chi connectivity index (χ2n) is 5.85. The molecule has 0 heterocycles. The number of benzene rings is 3. The molecule has 0 spiro atoms. The van der Waals surface area contributed by atoms with Gasteiger partial charge in [-0.2, -0.15) is 20.5 Å². The SMILES string of the molecule is O=C(O)c1cc(N=Nc2ccc(N=Nc3ccc(S(=O)(=O)[O-])cc3)cc2)ccc1[O-].[Na+].[Na+]. The van der Waals surface area contributed by atoms with Crippen LogP contribution < -0.4 is 64.2 Å². The zero-order valence-corrected chi connectivity index (χ0v) is 21.9. The first-order valence-electron chi connectivity index (χ1n) is 8.26. The van der Waals surface area contributed by atoms with Crippen LogP contribution in [0.2, 0.25) is 0 Å². The molecule has 0 atom stereocenters. The first kappa shape index (κ1) is 28.1. The van der Waals surface area contributed by atoms with Crippen LogP contribution in [-0.2, 0) is 10.1 Å². The van der Waals surface area contributed by atoms with Gasteiger partial charge in [0.1, 0.15) is 10.1 Å². The molecular formula is C19H12N4Na2O6S. The molecule has 0 aliphatic heterocycles. The number of aromatic carboxylic acids is 1. The van der Waals surface area contributed by atoms with Crippen LogP contribution in [0.3, 0.4) is 0 Å². The minimum atomic E-state index is -4.51. The second kappa shape index (κ2) is 12.3. The van der Waals surface area contributed by atoms with Crippen molar-refractivity contribution < 1.29 is 87.1 Å². The Balaban J connectivity index is 0.00000256. The van der Waals surface area contributed by atoms with E-state index in [1.807, 2.05) is 0 Å². The fourth-order valence-electron chi connectivity index (χ4n) is 2.24. The monoisotopic (exact) mass is 470 g/mol. The number of hydrogen-bond donors (Lipinski definition) is 1. The van der Waals surface area contributed by atoms with E-state index in [1.165, 1.54) is 18.2 Å². The average Bonchev–Trinajstić information content (AvgIpc) is 2.72. The van der Waals surface area contributed by atoms with Gasteiger partial charge in [-0.25, -0.2) is 13.2 Å². The molecule has 0 radical (unpaired) electrons. The Kier molecular flexibility index (Phi) is 10.8. The Labute approximate surface area is 227 Å². The fourth-order valence-corrected chi connectivity index (χ4v) is 2.71. The van der Waals surface area contributed by atoms with E-state index in [-0.39, 0.29) is 75.3 Å². The van der Waals surface area contributed by atoms with Gasteiger partial charge in [0.25, 0.3) is 0 Å². The molecular weight excluding hydrogens is 458 g/mol. The molecule has 3 rings (SSSR count). The molecule has 152 valence electrons. The van der Waals surface area contributed by atoms with Crippen molar-refractivity contribution in [2.24, 2.45) is 20.5 Å². The molecule has 10 nitrogen and oxygen atoms in total. The third-order valence-electron chi connectivity index (χ3n) is 3.73. The van der Waals surface area contributed by atoms with E-state index < -0.39 is 21.8 Å². The second-order valence-corrected chi connectivity index (χ2v) is 7.23. The maximum atomic E-state index is 11.4. The minimum Gasteiger partial charge on any atom is -0.872 e. The van der Waals surface area contributed by atoms with Gasteiger partial charge in [0.05, 0.1) is 33.2 Å². The van der Waals surface area contributed by atoms with Crippen LogP contribution in [0.25, 0.3) is 0 Å². The molecule has 0 amide bonds. The van der Waals surface area contributed by atoms with Crippen molar-refractivity contribution in [2.75, 3.05) is 0 Å².